The number of carbonyl (C=O) groups is 3. The molecule has 2 aliphatic rings. The lowest BCUT2D eigenvalue weighted by molar-refractivity contribution is -0.158. The number of carbonyl (C=O) groups excluding carboxylic acids is 3. The number of nitrogens with zero attached hydrogens (tertiary/aromatic N) is 1. The average Bonchev–Trinajstić information content (AvgIpc) is 3.10. The summed E-state index contributed by atoms with van der Waals surface area (Å²) < 4.78 is 5.44. The van der Waals surface area contributed by atoms with Crippen LogP contribution in [0.2, 0.25) is 0 Å². The van der Waals surface area contributed by atoms with E-state index in [1.807, 2.05) is 74.5 Å². The Kier molecular flexibility index (Phi) is 4.75. The summed E-state index contributed by atoms with van der Waals surface area (Å²) in [5, 5.41) is -0.292. The highest BCUT2D eigenvalue weighted by atomic mass is 32.2. The standard InChI is InChI=1S/C22H21NO4S/c1-22(2)19(23-17(28-22)13-16(24)20(23)25)21(26)27-18(14-9-5-3-6-10-14)15-11-7-4-8-12-15/h3-12,17-19H,13H2,1-2H3/t17-,19+/m1/s1. The van der Waals surface area contributed by atoms with Gasteiger partial charge < -0.3 is 9.64 Å². The number of ketones is 1. The molecule has 0 unspecified atom stereocenters. The predicted octanol–water partition coefficient (Wildman–Crippen LogP) is 3.34. The van der Waals surface area contributed by atoms with Crippen molar-refractivity contribution in [3.8, 4) is 0 Å². The molecule has 6 heteroatoms. The first-order valence-electron chi connectivity index (χ1n) is 9.22. The van der Waals surface area contributed by atoms with Gasteiger partial charge in [-0.2, -0.15) is 0 Å². The van der Waals surface area contributed by atoms with Crippen LogP contribution in [0.4, 0.5) is 0 Å². The highest BCUT2D eigenvalue weighted by molar-refractivity contribution is 8.01. The number of Topliss-reactive ketones (excluding diaryl/α,β-unsaturated/α-hetero) is 1. The van der Waals surface area contributed by atoms with E-state index in [2.05, 4.69) is 0 Å². The maximum absolute atomic E-state index is 13.3. The van der Waals surface area contributed by atoms with Crippen LogP contribution in [0.1, 0.15) is 37.5 Å². The highest BCUT2D eigenvalue weighted by Gasteiger charge is 2.58. The summed E-state index contributed by atoms with van der Waals surface area (Å²) >= 11 is 1.48. The van der Waals surface area contributed by atoms with Gasteiger partial charge in [0.25, 0.3) is 5.91 Å². The Balaban J connectivity index is 1.66. The molecule has 0 saturated carbocycles. The number of benzene rings is 2. The van der Waals surface area contributed by atoms with Crippen molar-refractivity contribution in [2.45, 2.75) is 42.5 Å². The number of hydrogen-bond donors (Lipinski definition) is 0. The van der Waals surface area contributed by atoms with Crippen LogP contribution in [0.15, 0.2) is 60.7 Å². The van der Waals surface area contributed by atoms with Gasteiger partial charge in [-0.1, -0.05) is 60.7 Å². The zero-order chi connectivity index (χ0) is 19.9. The lowest BCUT2D eigenvalue weighted by Crippen LogP contribution is -2.50. The van der Waals surface area contributed by atoms with E-state index in [4.69, 9.17) is 4.74 Å². The molecule has 2 atom stereocenters. The highest BCUT2D eigenvalue weighted by Crippen LogP contribution is 2.49. The Bertz CT molecular complexity index is 873. The molecule has 2 aromatic carbocycles. The molecule has 2 saturated heterocycles. The molecule has 2 aromatic rings. The number of ether oxygens (including phenoxy) is 1. The summed E-state index contributed by atoms with van der Waals surface area (Å²) in [7, 11) is 0. The number of amides is 1. The molecule has 144 valence electrons. The van der Waals surface area contributed by atoms with Crippen LogP contribution in [0.3, 0.4) is 0 Å². The summed E-state index contributed by atoms with van der Waals surface area (Å²) in [4.78, 5) is 38.9. The largest absolute Gasteiger partial charge is 0.451 e. The first-order chi connectivity index (χ1) is 13.4. The zero-order valence-corrected chi connectivity index (χ0v) is 16.5. The predicted molar refractivity (Wildman–Crippen MR) is 107 cm³/mol. The molecule has 2 aliphatic heterocycles. The van der Waals surface area contributed by atoms with E-state index >= 15 is 0 Å². The number of hydrogen-bond acceptors (Lipinski definition) is 5. The summed E-state index contributed by atoms with van der Waals surface area (Å²) in [6, 6.07) is 18.2. The third-order valence-electron chi connectivity index (χ3n) is 5.18. The quantitative estimate of drug-likeness (QED) is 0.587. The molecule has 0 aromatic heterocycles. The van der Waals surface area contributed by atoms with E-state index in [1.165, 1.54) is 16.7 Å². The number of esters is 1. The van der Waals surface area contributed by atoms with Crippen LogP contribution in [0.25, 0.3) is 0 Å². The smallest absolute Gasteiger partial charge is 0.331 e. The summed E-state index contributed by atoms with van der Waals surface area (Å²) in [5.74, 6) is -1.50. The monoisotopic (exact) mass is 395 g/mol. The van der Waals surface area contributed by atoms with Crippen molar-refractivity contribution in [1.82, 2.24) is 4.90 Å². The lowest BCUT2D eigenvalue weighted by atomic mass is 9.99. The molecule has 0 radical (unpaired) electrons. The second kappa shape index (κ2) is 7.09. The topological polar surface area (TPSA) is 63.7 Å². The van der Waals surface area contributed by atoms with Gasteiger partial charge in [0.2, 0.25) is 5.78 Å². The molecular formula is C22H21NO4S. The van der Waals surface area contributed by atoms with Gasteiger partial charge in [0, 0.05) is 11.2 Å². The van der Waals surface area contributed by atoms with Gasteiger partial charge in [-0.3, -0.25) is 9.59 Å². The van der Waals surface area contributed by atoms with Crippen LogP contribution < -0.4 is 0 Å². The van der Waals surface area contributed by atoms with E-state index in [0.29, 0.717) is 0 Å². The van der Waals surface area contributed by atoms with E-state index in [1.54, 1.807) is 0 Å². The number of thioether (sulfide) groups is 1. The Labute approximate surface area is 168 Å². The van der Waals surface area contributed by atoms with Crippen LogP contribution in [0.5, 0.6) is 0 Å². The van der Waals surface area contributed by atoms with Crippen molar-refractivity contribution in [1.29, 1.82) is 0 Å². The zero-order valence-electron chi connectivity index (χ0n) is 15.7. The minimum Gasteiger partial charge on any atom is -0.451 e. The normalized spacial score (nSPS) is 23.2. The third-order valence-corrected chi connectivity index (χ3v) is 6.68. The van der Waals surface area contributed by atoms with Crippen LogP contribution >= 0.6 is 11.8 Å². The third kappa shape index (κ3) is 3.22. The Hall–Kier alpha value is -2.60. The van der Waals surface area contributed by atoms with Crippen molar-refractivity contribution < 1.29 is 19.1 Å². The van der Waals surface area contributed by atoms with Crippen LogP contribution in [-0.4, -0.2) is 38.7 Å². The van der Waals surface area contributed by atoms with Gasteiger partial charge in [-0.25, -0.2) is 4.79 Å². The minimum absolute atomic E-state index is 0.150. The molecule has 2 fully saturated rings. The first-order valence-corrected chi connectivity index (χ1v) is 10.1. The lowest BCUT2D eigenvalue weighted by Gasteiger charge is -2.30. The number of fused-ring (bicyclic) bond motifs is 1. The Morgan fingerprint density at radius 3 is 2.11 bits per heavy atom. The summed E-state index contributed by atoms with van der Waals surface area (Å²) in [6.45, 7) is 3.83. The van der Waals surface area contributed by atoms with Crippen molar-refractivity contribution in [2.75, 3.05) is 0 Å². The molecule has 0 spiro atoms. The minimum atomic E-state index is -0.795. The fourth-order valence-corrected chi connectivity index (χ4v) is 5.52. The number of rotatable bonds is 4. The van der Waals surface area contributed by atoms with Crippen LogP contribution in [-0.2, 0) is 19.1 Å². The summed E-state index contributed by atoms with van der Waals surface area (Å²) in [5.41, 5.74) is 1.71. The Morgan fingerprint density at radius 2 is 1.57 bits per heavy atom. The molecule has 5 nitrogen and oxygen atoms in total. The molecule has 4 rings (SSSR count). The molecule has 0 bridgehead atoms. The van der Waals surface area contributed by atoms with Gasteiger partial charge in [-0.15, -0.1) is 11.8 Å². The van der Waals surface area contributed by atoms with E-state index < -0.39 is 34.6 Å². The van der Waals surface area contributed by atoms with Crippen LogP contribution in [0, 0.1) is 0 Å². The van der Waals surface area contributed by atoms with Gasteiger partial charge in [0.15, 0.2) is 6.10 Å². The molecule has 1 amide bonds. The van der Waals surface area contributed by atoms with E-state index in [9.17, 15) is 14.4 Å². The van der Waals surface area contributed by atoms with Gasteiger partial charge >= 0.3 is 5.97 Å². The second-order valence-electron chi connectivity index (χ2n) is 7.56. The summed E-state index contributed by atoms with van der Waals surface area (Å²) in [6.07, 6.45) is -0.430. The van der Waals surface area contributed by atoms with E-state index in [0.717, 1.165) is 11.1 Å². The first kappa shape index (κ1) is 18.7. The van der Waals surface area contributed by atoms with E-state index in [-0.39, 0.29) is 11.8 Å². The van der Waals surface area contributed by atoms with Gasteiger partial charge in [0.1, 0.15) is 6.04 Å². The fraction of sp³-hybridized carbons (Fsp3) is 0.318. The van der Waals surface area contributed by atoms with Gasteiger partial charge in [0.05, 0.1) is 5.37 Å². The van der Waals surface area contributed by atoms with Crippen molar-refractivity contribution in [2.24, 2.45) is 0 Å². The molecule has 28 heavy (non-hydrogen) atoms. The molecule has 0 aliphatic carbocycles. The molecule has 2 heterocycles. The second-order valence-corrected chi connectivity index (χ2v) is 9.39. The average molecular weight is 395 g/mol. The Morgan fingerprint density at radius 1 is 1.04 bits per heavy atom. The van der Waals surface area contributed by atoms with Gasteiger partial charge in [-0.05, 0) is 25.0 Å². The SMILES string of the molecule is CC1(C)S[C@@H]2CC(=O)C(=O)N2[C@H]1C(=O)OC(c1ccccc1)c1ccccc1. The fourth-order valence-electron chi connectivity index (χ4n) is 3.91. The van der Waals surface area contributed by atoms with Crippen molar-refractivity contribution >= 4 is 29.4 Å². The maximum atomic E-state index is 13.3. The molecule has 0 N–H and O–H groups in total. The van der Waals surface area contributed by atoms with Crippen molar-refractivity contribution in [3.63, 3.8) is 0 Å². The molecular weight excluding hydrogens is 374 g/mol. The van der Waals surface area contributed by atoms with Crippen molar-refractivity contribution in [3.05, 3.63) is 71.8 Å². The maximum Gasteiger partial charge on any atom is 0.331 e.